The zero-order valence-electron chi connectivity index (χ0n) is 12.1. The first-order valence-electron chi connectivity index (χ1n) is 6.55. The largest absolute Gasteiger partial charge is 0.370 e. The van der Waals surface area contributed by atoms with Crippen molar-refractivity contribution in [3.8, 4) is 0 Å². The van der Waals surface area contributed by atoms with E-state index < -0.39 is 0 Å². The van der Waals surface area contributed by atoms with Gasteiger partial charge in [0, 0.05) is 18.5 Å². The van der Waals surface area contributed by atoms with Crippen LogP contribution >= 0.6 is 0 Å². The molecule has 3 nitrogen and oxygen atoms in total. The Balaban J connectivity index is 2.99. The minimum atomic E-state index is -0.379. The van der Waals surface area contributed by atoms with E-state index in [-0.39, 0.29) is 11.3 Å². The van der Waals surface area contributed by atoms with Gasteiger partial charge < -0.3 is 10.2 Å². The second-order valence-corrected chi connectivity index (χ2v) is 5.39. The molecule has 0 aliphatic carbocycles. The molecule has 0 aliphatic heterocycles. The summed E-state index contributed by atoms with van der Waals surface area (Å²) in [5.41, 5.74) is 1.59. The Morgan fingerprint density at radius 2 is 1.72 bits per heavy atom. The Morgan fingerprint density at radius 1 is 1.17 bits per heavy atom. The Kier molecular flexibility index (Phi) is 4.76. The molecular weight excluding hydrogens is 224 g/mol. The van der Waals surface area contributed by atoms with Crippen molar-refractivity contribution in [1.29, 1.82) is 0 Å². The van der Waals surface area contributed by atoms with Gasteiger partial charge in [-0.25, -0.2) is 0 Å². The molecule has 0 fully saturated rings. The minimum absolute atomic E-state index is 0.0436. The average molecular weight is 248 g/mol. The predicted octanol–water partition coefficient (Wildman–Crippen LogP) is 3.52. The molecule has 0 atom stereocenters. The van der Waals surface area contributed by atoms with Crippen molar-refractivity contribution >= 4 is 17.3 Å². The number of hydrogen-bond donors (Lipinski definition) is 1. The normalized spacial score (nSPS) is 11.2. The standard InChI is InChI=1S/C15H24N2O/c1-6-17(7-2)13-11-9-8-10-12(13)16-14(18)15(3,4)5/h8-11H,6-7H2,1-5H3,(H,16,18). The summed E-state index contributed by atoms with van der Waals surface area (Å²) in [6, 6.07) is 7.95. The van der Waals surface area contributed by atoms with Crippen molar-refractivity contribution in [2.75, 3.05) is 23.3 Å². The maximum Gasteiger partial charge on any atom is 0.229 e. The van der Waals surface area contributed by atoms with Crippen LogP contribution in [0.25, 0.3) is 0 Å². The molecule has 1 N–H and O–H groups in total. The lowest BCUT2D eigenvalue weighted by atomic mass is 9.95. The van der Waals surface area contributed by atoms with Gasteiger partial charge in [0.2, 0.25) is 5.91 Å². The van der Waals surface area contributed by atoms with E-state index in [0.717, 1.165) is 24.5 Å². The quantitative estimate of drug-likeness (QED) is 0.884. The van der Waals surface area contributed by atoms with Crippen molar-refractivity contribution in [3.05, 3.63) is 24.3 Å². The highest BCUT2D eigenvalue weighted by molar-refractivity contribution is 5.97. The first kappa shape index (κ1) is 14.6. The highest BCUT2D eigenvalue weighted by atomic mass is 16.2. The second-order valence-electron chi connectivity index (χ2n) is 5.39. The van der Waals surface area contributed by atoms with Crippen molar-refractivity contribution < 1.29 is 4.79 Å². The third-order valence-electron chi connectivity index (χ3n) is 2.94. The van der Waals surface area contributed by atoms with Gasteiger partial charge in [-0.05, 0) is 26.0 Å². The number of carbonyl (C=O) groups is 1. The first-order chi connectivity index (χ1) is 8.40. The summed E-state index contributed by atoms with van der Waals surface area (Å²) in [5.74, 6) is 0.0436. The number of amides is 1. The van der Waals surface area contributed by atoms with Crippen LogP contribution in [-0.2, 0) is 4.79 Å². The Hall–Kier alpha value is -1.51. The molecule has 0 bridgehead atoms. The van der Waals surface area contributed by atoms with Gasteiger partial charge in [-0.2, -0.15) is 0 Å². The fraction of sp³-hybridized carbons (Fsp3) is 0.533. The molecule has 0 saturated carbocycles. The van der Waals surface area contributed by atoms with Gasteiger partial charge in [0.05, 0.1) is 11.4 Å². The molecule has 0 radical (unpaired) electrons. The highest BCUT2D eigenvalue weighted by Gasteiger charge is 2.22. The summed E-state index contributed by atoms with van der Waals surface area (Å²) in [6.07, 6.45) is 0. The average Bonchev–Trinajstić information content (AvgIpc) is 2.31. The third kappa shape index (κ3) is 3.49. The molecule has 0 unspecified atom stereocenters. The van der Waals surface area contributed by atoms with E-state index in [1.807, 2.05) is 45.0 Å². The van der Waals surface area contributed by atoms with E-state index in [1.54, 1.807) is 0 Å². The van der Waals surface area contributed by atoms with Gasteiger partial charge in [0.25, 0.3) is 0 Å². The zero-order valence-corrected chi connectivity index (χ0v) is 12.1. The number of hydrogen-bond acceptors (Lipinski definition) is 2. The van der Waals surface area contributed by atoms with E-state index in [9.17, 15) is 4.79 Å². The lowest BCUT2D eigenvalue weighted by Crippen LogP contribution is -2.29. The molecule has 1 amide bonds. The molecule has 3 heteroatoms. The number of nitrogens with zero attached hydrogens (tertiary/aromatic N) is 1. The van der Waals surface area contributed by atoms with Crippen LogP contribution in [0.1, 0.15) is 34.6 Å². The van der Waals surface area contributed by atoms with Crippen LogP contribution in [0.5, 0.6) is 0 Å². The van der Waals surface area contributed by atoms with E-state index in [1.165, 1.54) is 0 Å². The molecule has 18 heavy (non-hydrogen) atoms. The van der Waals surface area contributed by atoms with Gasteiger partial charge in [0.1, 0.15) is 0 Å². The number of rotatable bonds is 4. The molecular formula is C15H24N2O. The highest BCUT2D eigenvalue weighted by Crippen LogP contribution is 2.27. The fourth-order valence-corrected chi connectivity index (χ4v) is 1.73. The number of benzene rings is 1. The van der Waals surface area contributed by atoms with E-state index in [0.29, 0.717) is 0 Å². The lowest BCUT2D eigenvalue weighted by Gasteiger charge is -2.26. The molecule has 0 saturated heterocycles. The van der Waals surface area contributed by atoms with E-state index in [4.69, 9.17) is 0 Å². The van der Waals surface area contributed by atoms with Crippen molar-refractivity contribution in [2.45, 2.75) is 34.6 Å². The monoisotopic (exact) mass is 248 g/mol. The molecule has 0 aromatic heterocycles. The van der Waals surface area contributed by atoms with Crippen LogP contribution in [0.15, 0.2) is 24.3 Å². The summed E-state index contributed by atoms with van der Waals surface area (Å²) < 4.78 is 0. The Bertz CT molecular complexity index is 403. The molecule has 0 aliphatic rings. The number of para-hydroxylation sites is 2. The van der Waals surface area contributed by atoms with Crippen molar-refractivity contribution in [1.82, 2.24) is 0 Å². The van der Waals surface area contributed by atoms with Crippen LogP contribution in [0, 0.1) is 5.41 Å². The number of carbonyl (C=O) groups excluding carboxylic acids is 1. The third-order valence-corrected chi connectivity index (χ3v) is 2.94. The van der Waals surface area contributed by atoms with Crippen LogP contribution in [0.2, 0.25) is 0 Å². The summed E-state index contributed by atoms with van der Waals surface area (Å²) in [5, 5.41) is 3.02. The van der Waals surface area contributed by atoms with Crippen LogP contribution in [-0.4, -0.2) is 19.0 Å². The molecule has 1 aromatic carbocycles. The lowest BCUT2D eigenvalue weighted by molar-refractivity contribution is -0.123. The molecule has 0 spiro atoms. The van der Waals surface area contributed by atoms with Gasteiger partial charge in [-0.1, -0.05) is 32.9 Å². The zero-order chi connectivity index (χ0) is 13.8. The molecule has 1 aromatic rings. The minimum Gasteiger partial charge on any atom is -0.370 e. The van der Waals surface area contributed by atoms with Gasteiger partial charge in [0.15, 0.2) is 0 Å². The smallest absolute Gasteiger partial charge is 0.229 e. The van der Waals surface area contributed by atoms with Crippen molar-refractivity contribution in [2.24, 2.45) is 5.41 Å². The molecule has 100 valence electrons. The summed E-state index contributed by atoms with van der Waals surface area (Å²) in [7, 11) is 0. The molecule has 1 rings (SSSR count). The summed E-state index contributed by atoms with van der Waals surface area (Å²) >= 11 is 0. The number of nitrogens with one attached hydrogen (secondary N) is 1. The number of anilines is 2. The topological polar surface area (TPSA) is 32.3 Å². The Labute approximate surface area is 110 Å². The van der Waals surface area contributed by atoms with Gasteiger partial charge in [-0.15, -0.1) is 0 Å². The second kappa shape index (κ2) is 5.89. The SMILES string of the molecule is CCN(CC)c1ccccc1NC(=O)C(C)(C)C. The summed E-state index contributed by atoms with van der Waals surface area (Å²) in [6.45, 7) is 11.8. The van der Waals surface area contributed by atoms with Gasteiger partial charge in [-0.3, -0.25) is 4.79 Å². The van der Waals surface area contributed by atoms with E-state index >= 15 is 0 Å². The predicted molar refractivity (Wildman–Crippen MR) is 78.1 cm³/mol. The first-order valence-corrected chi connectivity index (χ1v) is 6.55. The van der Waals surface area contributed by atoms with Gasteiger partial charge >= 0.3 is 0 Å². The van der Waals surface area contributed by atoms with Crippen molar-refractivity contribution in [3.63, 3.8) is 0 Å². The maximum absolute atomic E-state index is 12.1. The van der Waals surface area contributed by atoms with Crippen LogP contribution < -0.4 is 10.2 Å². The van der Waals surface area contributed by atoms with E-state index in [2.05, 4.69) is 24.1 Å². The van der Waals surface area contributed by atoms with Crippen LogP contribution in [0.3, 0.4) is 0 Å². The maximum atomic E-state index is 12.1. The molecule has 0 heterocycles. The summed E-state index contributed by atoms with van der Waals surface area (Å²) in [4.78, 5) is 14.3. The van der Waals surface area contributed by atoms with Crippen LogP contribution in [0.4, 0.5) is 11.4 Å². The Morgan fingerprint density at radius 3 is 2.22 bits per heavy atom. The fourth-order valence-electron chi connectivity index (χ4n) is 1.73.